The summed E-state index contributed by atoms with van der Waals surface area (Å²) in [6.07, 6.45) is 6.97. The summed E-state index contributed by atoms with van der Waals surface area (Å²) in [4.78, 5) is 11.1. The van der Waals surface area contributed by atoms with Gasteiger partial charge >= 0.3 is 5.97 Å². The molecule has 2 N–H and O–H groups in total. The van der Waals surface area contributed by atoms with E-state index in [0.717, 1.165) is 17.0 Å². The van der Waals surface area contributed by atoms with Crippen LogP contribution in [0.5, 0.6) is 0 Å². The fourth-order valence-electron chi connectivity index (χ4n) is 2.85. The molecule has 1 aromatic rings. The SMILES string of the molecule is C/C=c1/[nH]nc/c1=C/C1C(C)CC1C(C)C(=O)O. The number of aliphatic carboxylic acids is 1. The first-order chi connectivity index (χ1) is 8.54. The van der Waals surface area contributed by atoms with E-state index in [9.17, 15) is 4.79 Å². The molecule has 1 fully saturated rings. The number of aromatic nitrogens is 2. The maximum Gasteiger partial charge on any atom is 0.306 e. The van der Waals surface area contributed by atoms with Crippen molar-refractivity contribution in [1.29, 1.82) is 0 Å². The Morgan fingerprint density at radius 2 is 2.39 bits per heavy atom. The standard InChI is InChI=1S/C14H20N2O2/c1-4-13-10(7-15-16-13)6-11-8(2)5-12(11)9(3)14(17)18/h4,6-9,11-12,16H,5H2,1-3H3,(H,17,18)/b10-6-,13-4+. The molecular formula is C14H20N2O2. The molecule has 0 saturated heterocycles. The van der Waals surface area contributed by atoms with Gasteiger partial charge in [-0.05, 0) is 31.1 Å². The molecule has 1 aromatic heterocycles. The third-order valence-corrected chi connectivity index (χ3v) is 4.19. The van der Waals surface area contributed by atoms with Gasteiger partial charge in [-0.15, -0.1) is 0 Å². The van der Waals surface area contributed by atoms with Gasteiger partial charge < -0.3 is 5.11 Å². The van der Waals surface area contributed by atoms with Gasteiger partial charge in [-0.1, -0.05) is 26.0 Å². The van der Waals surface area contributed by atoms with E-state index in [1.807, 2.05) is 26.1 Å². The molecule has 0 radical (unpaired) electrons. The second-order valence-electron chi connectivity index (χ2n) is 5.28. The summed E-state index contributed by atoms with van der Waals surface area (Å²) in [5, 5.41) is 18.2. The predicted octanol–water partition coefficient (Wildman–Crippen LogP) is 0.983. The monoisotopic (exact) mass is 248 g/mol. The van der Waals surface area contributed by atoms with Crippen molar-refractivity contribution in [2.45, 2.75) is 27.2 Å². The fourth-order valence-corrected chi connectivity index (χ4v) is 2.85. The summed E-state index contributed by atoms with van der Waals surface area (Å²) in [7, 11) is 0. The molecule has 4 atom stereocenters. The number of rotatable bonds is 3. The summed E-state index contributed by atoms with van der Waals surface area (Å²) in [5.74, 6) is 0.170. The van der Waals surface area contributed by atoms with Gasteiger partial charge in [-0.2, -0.15) is 5.10 Å². The predicted molar refractivity (Wildman–Crippen MR) is 70.0 cm³/mol. The minimum atomic E-state index is -0.695. The Kier molecular flexibility index (Phi) is 3.55. The topological polar surface area (TPSA) is 66.0 Å². The van der Waals surface area contributed by atoms with Crippen LogP contribution in [0, 0.1) is 23.7 Å². The summed E-state index contributed by atoms with van der Waals surface area (Å²) in [6, 6.07) is 0. The smallest absolute Gasteiger partial charge is 0.306 e. The van der Waals surface area contributed by atoms with Crippen LogP contribution in [0.15, 0.2) is 6.20 Å². The first-order valence-electron chi connectivity index (χ1n) is 6.45. The molecule has 0 bridgehead atoms. The lowest BCUT2D eigenvalue weighted by Crippen LogP contribution is -2.41. The summed E-state index contributed by atoms with van der Waals surface area (Å²) in [6.45, 7) is 5.95. The zero-order valence-electron chi connectivity index (χ0n) is 11.1. The normalized spacial score (nSPS) is 31.2. The van der Waals surface area contributed by atoms with E-state index in [4.69, 9.17) is 5.11 Å². The van der Waals surface area contributed by atoms with Gasteiger partial charge in [0.25, 0.3) is 0 Å². The van der Waals surface area contributed by atoms with Gasteiger partial charge in [0.15, 0.2) is 0 Å². The Labute approximate surface area is 106 Å². The first-order valence-corrected chi connectivity index (χ1v) is 6.45. The molecule has 4 heteroatoms. The van der Waals surface area contributed by atoms with Crippen molar-refractivity contribution in [2.75, 3.05) is 0 Å². The molecule has 98 valence electrons. The highest BCUT2D eigenvalue weighted by Gasteiger charge is 2.41. The van der Waals surface area contributed by atoms with Crippen LogP contribution in [-0.2, 0) is 4.79 Å². The van der Waals surface area contributed by atoms with Crippen molar-refractivity contribution in [3.05, 3.63) is 16.8 Å². The van der Waals surface area contributed by atoms with E-state index in [2.05, 4.69) is 23.2 Å². The number of nitrogens with one attached hydrogen (secondary N) is 1. The highest BCUT2D eigenvalue weighted by molar-refractivity contribution is 5.70. The third-order valence-electron chi connectivity index (χ3n) is 4.19. The average Bonchev–Trinajstić information content (AvgIpc) is 2.79. The quantitative estimate of drug-likeness (QED) is 0.838. The second kappa shape index (κ2) is 4.96. The number of carboxylic acid groups (broad SMARTS) is 1. The molecule has 0 amide bonds. The lowest BCUT2D eigenvalue weighted by Gasteiger charge is -2.43. The Morgan fingerprint density at radius 3 is 2.94 bits per heavy atom. The third kappa shape index (κ3) is 2.19. The van der Waals surface area contributed by atoms with E-state index >= 15 is 0 Å². The lowest BCUT2D eigenvalue weighted by atomic mass is 9.61. The summed E-state index contributed by atoms with van der Waals surface area (Å²) >= 11 is 0. The Morgan fingerprint density at radius 1 is 1.67 bits per heavy atom. The van der Waals surface area contributed by atoms with Gasteiger partial charge in [-0.25, -0.2) is 0 Å². The average molecular weight is 248 g/mol. The van der Waals surface area contributed by atoms with E-state index in [-0.39, 0.29) is 11.8 Å². The molecule has 1 aliphatic rings. The number of hydrogen-bond acceptors (Lipinski definition) is 2. The molecular weight excluding hydrogens is 228 g/mol. The molecule has 0 spiro atoms. The zero-order chi connectivity index (χ0) is 13.3. The minimum Gasteiger partial charge on any atom is -0.481 e. The number of nitrogens with zero attached hydrogens (tertiary/aromatic N) is 1. The van der Waals surface area contributed by atoms with Crippen molar-refractivity contribution in [3.8, 4) is 0 Å². The number of carboxylic acids is 1. The largest absolute Gasteiger partial charge is 0.481 e. The molecule has 0 aliphatic heterocycles. The number of H-pyrrole nitrogens is 1. The van der Waals surface area contributed by atoms with E-state index in [1.165, 1.54) is 0 Å². The molecule has 2 rings (SSSR count). The van der Waals surface area contributed by atoms with Crippen LogP contribution in [-0.4, -0.2) is 21.3 Å². The highest BCUT2D eigenvalue weighted by Crippen LogP contribution is 2.45. The minimum absolute atomic E-state index is 0.247. The van der Waals surface area contributed by atoms with Crippen molar-refractivity contribution in [2.24, 2.45) is 23.7 Å². The molecule has 0 aromatic carbocycles. The van der Waals surface area contributed by atoms with E-state index in [0.29, 0.717) is 11.8 Å². The molecule has 4 nitrogen and oxygen atoms in total. The maximum absolute atomic E-state index is 11.1. The Balaban J connectivity index is 2.28. The lowest BCUT2D eigenvalue weighted by molar-refractivity contribution is -0.145. The molecule has 1 aliphatic carbocycles. The van der Waals surface area contributed by atoms with Gasteiger partial charge in [0, 0.05) is 5.22 Å². The van der Waals surface area contributed by atoms with Crippen LogP contribution < -0.4 is 10.6 Å². The van der Waals surface area contributed by atoms with Crippen LogP contribution in [0.2, 0.25) is 0 Å². The number of aromatic amines is 1. The van der Waals surface area contributed by atoms with Crippen LogP contribution >= 0.6 is 0 Å². The van der Waals surface area contributed by atoms with Crippen LogP contribution in [0.3, 0.4) is 0 Å². The van der Waals surface area contributed by atoms with Crippen LogP contribution in [0.1, 0.15) is 27.2 Å². The van der Waals surface area contributed by atoms with E-state index < -0.39 is 5.97 Å². The van der Waals surface area contributed by atoms with Crippen molar-refractivity contribution in [3.63, 3.8) is 0 Å². The zero-order valence-corrected chi connectivity index (χ0v) is 11.1. The fraction of sp³-hybridized carbons (Fsp3) is 0.571. The summed E-state index contributed by atoms with van der Waals surface area (Å²) < 4.78 is 0. The maximum atomic E-state index is 11.1. The first kappa shape index (κ1) is 12.9. The van der Waals surface area contributed by atoms with Crippen molar-refractivity contribution in [1.82, 2.24) is 10.2 Å². The second-order valence-corrected chi connectivity index (χ2v) is 5.28. The molecule has 4 unspecified atom stereocenters. The Hall–Kier alpha value is -1.58. The van der Waals surface area contributed by atoms with Crippen molar-refractivity contribution < 1.29 is 9.90 Å². The molecule has 18 heavy (non-hydrogen) atoms. The molecule has 1 saturated carbocycles. The number of hydrogen-bond donors (Lipinski definition) is 2. The van der Waals surface area contributed by atoms with E-state index in [1.54, 1.807) is 0 Å². The van der Waals surface area contributed by atoms with Crippen LogP contribution in [0.25, 0.3) is 12.2 Å². The summed E-state index contributed by atoms with van der Waals surface area (Å²) in [5.41, 5.74) is 0. The van der Waals surface area contributed by atoms with Crippen LogP contribution in [0.4, 0.5) is 0 Å². The highest BCUT2D eigenvalue weighted by atomic mass is 16.4. The van der Waals surface area contributed by atoms with Gasteiger partial charge in [0.2, 0.25) is 0 Å². The Bertz CT molecular complexity index is 546. The van der Waals surface area contributed by atoms with Gasteiger partial charge in [0.1, 0.15) is 0 Å². The van der Waals surface area contributed by atoms with Gasteiger partial charge in [0.05, 0.1) is 17.5 Å². The molecule has 1 heterocycles. The number of carbonyl (C=O) groups is 1. The van der Waals surface area contributed by atoms with Gasteiger partial charge in [-0.3, -0.25) is 9.89 Å². The van der Waals surface area contributed by atoms with Crippen molar-refractivity contribution >= 4 is 18.1 Å².